The second-order valence-electron chi connectivity index (χ2n) is 8.77. The van der Waals surface area contributed by atoms with Crippen molar-refractivity contribution in [3.8, 4) is 11.5 Å². The van der Waals surface area contributed by atoms with E-state index in [0.29, 0.717) is 28.8 Å². The Bertz CT molecular complexity index is 1530. The van der Waals surface area contributed by atoms with Gasteiger partial charge in [0.2, 0.25) is 11.8 Å². The van der Waals surface area contributed by atoms with E-state index in [1.54, 1.807) is 31.4 Å². The summed E-state index contributed by atoms with van der Waals surface area (Å²) < 4.78 is 11.5. The van der Waals surface area contributed by atoms with Crippen molar-refractivity contribution in [1.82, 2.24) is 4.98 Å². The van der Waals surface area contributed by atoms with Gasteiger partial charge in [-0.3, -0.25) is 14.4 Å². The average molecular weight is 531 g/mol. The van der Waals surface area contributed by atoms with Gasteiger partial charge < -0.3 is 14.5 Å². The Morgan fingerprint density at radius 1 is 0.892 bits per heavy atom. The Labute approximate surface area is 221 Å². The first-order chi connectivity index (χ1) is 18.0. The fraction of sp³-hybridized carbons (Fsp3) is 0.179. The first-order valence-electron chi connectivity index (χ1n) is 11.7. The van der Waals surface area contributed by atoms with Crippen LogP contribution in [-0.4, -0.2) is 29.2 Å². The molecular weight excluding hydrogens is 508 g/mol. The summed E-state index contributed by atoms with van der Waals surface area (Å²) in [4.78, 5) is 44.6. The van der Waals surface area contributed by atoms with Crippen molar-refractivity contribution in [2.24, 2.45) is 5.92 Å². The third-order valence-corrected chi connectivity index (χ3v) is 9.05. The lowest BCUT2D eigenvalue weighted by molar-refractivity contribution is -0.122. The van der Waals surface area contributed by atoms with E-state index in [1.165, 1.54) is 16.7 Å². The smallest absolute Gasteiger partial charge is 0.305 e. The highest BCUT2D eigenvalue weighted by molar-refractivity contribution is 8.00. The van der Waals surface area contributed by atoms with Crippen molar-refractivity contribution in [2.75, 3.05) is 12.0 Å². The van der Waals surface area contributed by atoms with Crippen LogP contribution in [0.4, 0.5) is 5.69 Å². The number of imide groups is 1. The van der Waals surface area contributed by atoms with E-state index in [-0.39, 0.29) is 16.7 Å². The van der Waals surface area contributed by atoms with Crippen molar-refractivity contribution in [1.29, 1.82) is 0 Å². The molecule has 4 aromatic rings. The van der Waals surface area contributed by atoms with E-state index >= 15 is 0 Å². The molecular formula is C28H22N2O5S2. The molecule has 0 saturated carbocycles. The van der Waals surface area contributed by atoms with Crippen molar-refractivity contribution in [3.63, 3.8) is 0 Å². The van der Waals surface area contributed by atoms with Crippen molar-refractivity contribution < 1.29 is 19.1 Å². The van der Waals surface area contributed by atoms with Crippen LogP contribution in [0, 0.1) is 5.92 Å². The fourth-order valence-electron chi connectivity index (χ4n) is 4.94. The van der Waals surface area contributed by atoms with E-state index in [0.717, 1.165) is 27.3 Å². The van der Waals surface area contributed by atoms with E-state index in [1.807, 2.05) is 54.6 Å². The maximum atomic E-state index is 13.9. The molecule has 7 nitrogen and oxygen atoms in total. The number of aromatic nitrogens is 1. The number of benzene rings is 3. The number of nitrogens with one attached hydrogen (secondary N) is 1. The van der Waals surface area contributed by atoms with Crippen LogP contribution in [0.15, 0.2) is 88.7 Å². The average Bonchev–Trinajstić information content (AvgIpc) is 3.42. The Morgan fingerprint density at radius 2 is 1.62 bits per heavy atom. The molecule has 1 fully saturated rings. The minimum Gasteiger partial charge on any atom is -0.497 e. The molecule has 3 aromatic carbocycles. The van der Waals surface area contributed by atoms with E-state index < -0.39 is 17.1 Å². The van der Waals surface area contributed by atoms with Crippen molar-refractivity contribution >= 4 is 40.6 Å². The summed E-state index contributed by atoms with van der Waals surface area (Å²) in [5.74, 6) is -0.511. The monoisotopic (exact) mass is 530 g/mol. The van der Waals surface area contributed by atoms with Gasteiger partial charge in [0.05, 0.1) is 23.7 Å². The number of hydrogen-bond acceptors (Lipinski definition) is 7. The molecule has 9 heteroatoms. The lowest BCUT2D eigenvalue weighted by atomic mass is 9.82. The molecule has 0 bridgehead atoms. The van der Waals surface area contributed by atoms with Crippen LogP contribution in [-0.2, 0) is 16.2 Å². The SMILES string of the molecule is COc1ccc(N2C(=O)C3Sc4[nH]c(=O)sc4C(c4ccccc4OCc4ccccc4)C3C2=O)cc1. The quantitative estimate of drug-likeness (QED) is 0.360. The molecule has 1 saturated heterocycles. The van der Waals surface area contributed by atoms with Gasteiger partial charge in [0.25, 0.3) is 0 Å². The number of amides is 2. The van der Waals surface area contributed by atoms with Gasteiger partial charge in [-0.2, -0.15) is 0 Å². The Balaban J connectivity index is 1.42. The van der Waals surface area contributed by atoms with Crippen LogP contribution >= 0.6 is 23.1 Å². The first kappa shape index (κ1) is 23.6. The van der Waals surface area contributed by atoms with Crippen LogP contribution in [0.3, 0.4) is 0 Å². The number of thioether (sulfide) groups is 1. The van der Waals surface area contributed by atoms with Gasteiger partial charge in [-0.25, -0.2) is 4.90 Å². The molecule has 2 aliphatic heterocycles. The number of rotatable bonds is 6. The van der Waals surface area contributed by atoms with Gasteiger partial charge in [0.15, 0.2) is 0 Å². The topological polar surface area (TPSA) is 88.7 Å². The maximum absolute atomic E-state index is 13.9. The highest BCUT2D eigenvalue weighted by Gasteiger charge is 2.56. The molecule has 3 heterocycles. The number of thiazole rings is 1. The lowest BCUT2D eigenvalue weighted by Crippen LogP contribution is -2.32. The number of carbonyl (C=O) groups is 2. The molecule has 37 heavy (non-hydrogen) atoms. The number of anilines is 1. The molecule has 0 aliphatic carbocycles. The normalized spacial score (nSPS) is 20.5. The number of H-pyrrole nitrogens is 1. The molecule has 0 spiro atoms. The number of hydrogen-bond donors (Lipinski definition) is 1. The number of ether oxygens (including phenoxy) is 2. The third kappa shape index (κ3) is 4.14. The van der Waals surface area contributed by atoms with Crippen LogP contribution in [0.2, 0.25) is 0 Å². The van der Waals surface area contributed by atoms with E-state index in [4.69, 9.17) is 9.47 Å². The van der Waals surface area contributed by atoms with Crippen LogP contribution in [0.1, 0.15) is 21.9 Å². The molecule has 1 aromatic heterocycles. The number of para-hydroxylation sites is 1. The van der Waals surface area contributed by atoms with Crippen molar-refractivity contribution in [3.05, 3.63) is 105 Å². The summed E-state index contributed by atoms with van der Waals surface area (Å²) in [5, 5.41) is -0.0311. The first-order valence-corrected chi connectivity index (χ1v) is 13.4. The highest BCUT2D eigenvalue weighted by atomic mass is 32.2. The summed E-state index contributed by atoms with van der Waals surface area (Å²) in [6.45, 7) is 0.356. The Morgan fingerprint density at radius 3 is 2.38 bits per heavy atom. The largest absolute Gasteiger partial charge is 0.497 e. The second kappa shape index (κ2) is 9.57. The summed E-state index contributed by atoms with van der Waals surface area (Å²) in [7, 11) is 1.56. The fourth-order valence-corrected chi connectivity index (χ4v) is 7.45. The number of methoxy groups -OCH3 is 1. The van der Waals surface area contributed by atoms with E-state index in [9.17, 15) is 14.4 Å². The van der Waals surface area contributed by atoms with Crippen molar-refractivity contribution in [2.45, 2.75) is 22.8 Å². The summed E-state index contributed by atoms with van der Waals surface area (Å²) in [6, 6.07) is 24.2. The van der Waals surface area contributed by atoms with Crippen LogP contribution in [0.5, 0.6) is 11.5 Å². The minimum absolute atomic E-state index is 0.211. The standard InChI is InChI=1S/C28H22N2O5S2/c1-34-18-13-11-17(12-14-18)30-26(31)22-21(23-25(29-28(33)37-23)36-24(22)27(30)32)19-9-5-6-10-20(19)35-15-16-7-3-2-4-8-16/h2-14,21-22,24H,15H2,1H3,(H,29,33). The molecule has 1 N–H and O–H groups in total. The highest BCUT2D eigenvalue weighted by Crippen LogP contribution is 2.54. The predicted molar refractivity (Wildman–Crippen MR) is 143 cm³/mol. The van der Waals surface area contributed by atoms with E-state index in [2.05, 4.69) is 4.98 Å². The van der Waals surface area contributed by atoms with Gasteiger partial charge in [-0.05, 0) is 35.9 Å². The molecule has 2 aliphatic rings. The van der Waals surface area contributed by atoms with Crippen LogP contribution in [0.25, 0.3) is 0 Å². The molecule has 3 atom stereocenters. The molecule has 2 amide bonds. The molecule has 186 valence electrons. The molecule has 6 rings (SSSR count). The Kier molecular flexibility index (Phi) is 6.10. The molecule has 3 unspecified atom stereocenters. The van der Waals surface area contributed by atoms with Crippen LogP contribution < -0.4 is 19.2 Å². The zero-order valence-corrected chi connectivity index (χ0v) is 21.4. The number of carbonyl (C=O) groups excluding carboxylic acids is 2. The minimum atomic E-state index is -0.681. The third-order valence-electron chi connectivity index (χ3n) is 6.65. The zero-order valence-electron chi connectivity index (χ0n) is 19.7. The zero-order chi connectivity index (χ0) is 25.5. The number of nitrogens with zero attached hydrogens (tertiary/aromatic N) is 1. The second-order valence-corrected chi connectivity index (χ2v) is 10.9. The molecule has 0 radical (unpaired) electrons. The van der Waals surface area contributed by atoms with Gasteiger partial charge >= 0.3 is 4.87 Å². The Hall–Kier alpha value is -3.82. The maximum Gasteiger partial charge on any atom is 0.305 e. The number of fused-ring (bicyclic) bond motifs is 2. The summed E-state index contributed by atoms with van der Waals surface area (Å²) in [6.07, 6.45) is 0. The van der Waals surface area contributed by atoms with Gasteiger partial charge in [0, 0.05) is 16.4 Å². The predicted octanol–water partition coefficient (Wildman–Crippen LogP) is 4.82. The van der Waals surface area contributed by atoms with Gasteiger partial charge in [-0.1, -0.05) is 71.6 Å². The number of aromatic amines is 1. The van der Waals surface area contributed by atoms with Gasteiger partial charge in [0.1, 0.15) is 23.4 Å². The summed E-state index contributed by atoms with van der Waals surface area (Å²) >= 11 is 2.34. The van der Waals surface area contributed by atoms with Gasteiger partial charge in [-0.15, -0.1) is 0 Å². The summed E-state index contributed by atoms with van der Waals surface area (Å²) in [5.41, 5.74) is 2.29. The lowest BCUT2D eigenvalue weighted by Gasteiger charge is -2.30.